The first-order valence-electron chi connectivity index (χ1n) is 6.90. The lowest BCUT2D eigenvalue weighted by molar-refractivity contribution is -0.118. The van der Waals surface area contributed by atoms with Crippen molar-refractivity contribution in [1.29, 1.82) is 0 Å². The average molecular weight is 313 g/mol. The van der Waals surface area contributed by atoms with E-state index < -0.39 is 0 Å². The van der Waals surface area contributed by atoms with Gasteiger partial charge in [0.15, 0.2) is 0 Å². The third-order valence-corrected chi connectivity index (χ3v) is 4.66. The highest BCUT2D eigenvalue weighted by Crippen LogP contribution is 2.06. The van der Waals surface area contributed by atoms with Crippen molar-refractivity contribution in [1.82, 2.24) is 5.32 Å². The number of aliphatic hydroxyl groups excluding tert-OH is 1. The molecule has 5 heteroatoms. The summed E-state index contributed by atoms with van der Waals surface area (Å²) in [5.74, 6) is 3.50. The maximum atomic E-state index is 11.6. The number of thioether (sulfide) groups is 2. The summed E-state index contributed by atoms with van der Waals surface area (Å²) in [6.07, 6.45) is 1.84. The van der Waals surface area contributed by atoms with E-state index in [-0.39, 0.29) is 12.5 Å². The maximum Gasteiger partial charge on any atom is 0.230 e. The Hall–Kier alpha value is -0.650. The zero-order chi connectivity index (χ0) is 14.5. The number of hydrogen-bond acceptors (Lipinski definition) is 4. The summed E-state index contributed by atoms with van der Waals surface area (Å²) >= 11 is 3.44. The molecule has 112 valence electrons. The molecule has 1 aromatic rings. The van der Waals surface area contributed by atoms with E-state index in [1.165, 1.54) is 5.56 Å². The molecule has 0 saturated heterocycles. The number of rotatable bonds is 11. The Balaban J connectivity index is 1.92. The summed E-state index contributed by atoms with van der Waals surface area (Å²) < 4.78 is 0. The quantitative estimate of drug-likeness (QED) is 0.615. The first-order chi connectivity index (χ1) is 9.83. The van der Waals surface area contributed by atoms with E-state index in [0.29, 0.717) is 12.3 Å². The second kappa shape index (κ2) is 12.1. The van der Waals surface area contributed by atoms with Crippen molar-refractivity contribution in [3.05, 3.63) is 35.9 Å². The molecule has 0 unspecified atom stereocenters. The molecular weight excluding hydrogens is 290 g/mol. The molecule has 0 radical (unpaired) electrons. The number of nitrogens with one attached hydrogen (secondary N) is 1. The summed E-state index contributed by atoms with van der Waals surface area (Å²) in [7, 11) is 0. The molecule has 20 heavy (non-hydrogen) atoms. The Labute approximate surface area is 129 Å². The van der Waals surface area contributed by atoms with Crippen molar-refractivity contribution in [2.24, 2.45) is 0 Å². The SMILES string of the molecule is O=C(CSCCc1ccccc1)NCCSCCCO. The second-order valence-electron chi connectivity index (χ2n) is 4.33. The number of hydrogen-bond donors (Lipinski definition) is 2. The minimum atomic E-state index is 0.116. The van der Waals surface area contributed by atoms with Crippen LogP contribution in [0.2, 0.25) is 0 Å². The number of aryl methyl sites for hydroxylation is 1. The summed E-state index contributed by atoms with van der Waals surface area (Å²) in [5, 5.41) is 11.5. The molecule has 0 saturated carbocycles. The zero-order valence-electron chi connectivity index (χ0n) is 11.7. The van der Waals surface area contributed by atoms with Crippen molar-refractivity contribution < 1.29 is 9.90 Å². The molecule has 0 aliphatic rings. The van der Waals surface area contributed by atoms with Crippen LogP contribution in [0.5, 0.6) is 0 Å². The monoisotopic (exact) mass is 313 g/mol. The molecule has 0 spiro atoms. The van der Waals surface area contributed by atoms with Crippen LogP contribution in [0.3, 0.4) is 0 Å². The van der Waals surface area contributed by atoms with Crippen LogP contribution in [0.1, 0.15) is 12.0 Å². The zero-order valence-corrected chi connectivity index (χ0v) is 13.3. The molecule has 0 atom stereocenters. The minimum absolute atomic E-state index is 0.116. The van der Waals surface area contributed by atoms with Gasteiger partial charge < -0.3 is 10.4 Å². The van der Waals surface area contributed by atoms with Gasteiger partial charge in [0.1, 0.15) is 0 Å². The van der Waals surface area contributed by atoms with Crippen molar-refractivity contribution in [3.8, 4) is 0 Å². The van der Waals surface area contributed by atoms with E-state index in [0.717, 1.165) is 30.1 Å². The van der Waals surface area contributed by atoms with Gasteiger partial charge in [-0.3, -0.25) is 4.79 Å². The van der Waals surface area contributed by atoms with Gasteiger partial charge in [-0.05, 0) is 29.9 Å². The number of carbonyl (C=O) groups excluding carboxylic acids is 1. The standard InChI is InChI=1S/C15H23NO2S2/c17-9-4-10-19-12-8-16-15(18)13-20-11-7-14-5-2-1-3-6-14/h1-3,5-6,17H,4,7-13H2,(H,16,18). The normalized spacial score (nSPS) is 10.4. The Kier molecular flexibility index (Phi) is 10.5. The molecule has 0 aliphatic carbocycles. The molecule has 3 nitrogen and oxygen atoms in total. The highest BCUT2D eigenvalue weighted by atomic mass is 32.2. The van der Waals surface area contributed by atoms with Crippen LogP contribution < -0.4 is 5.32 Å². The van der Waals surface area contributed by atoms with E-state index >= 15 is 0 Å². The molecule has 1 rings (SSSR count). The Morgan fingerprint density at radius 2 is 1.90 bits per heavy atom. The summed E-state index contributed by atoms with van der Waals surface area (Å²) in [6.45, 7) is 0.964. The smallest absolute Gasteiger partial charge is 0.230 e. The van der Waals surface area contributed by atoms with Crippen LogP contribution in [0.15, 0.2) is 30.3 Å². The first kappa shape index (κ1) is 17.4. The predicted octanol–water partition coefficient (Wildman–Crippen LogP) is 2.19. The van der Waals surface area contributed by atoms with Crippen LogP contribution in [0.4, 0.5) is 0 Å². The molecule has 0 bridgehead atoms. The fourth-order valence-corrected chi connectivity index (χ4v) is 3.18. The number of aliphatic hydroxyl groups is 1. The molecule has 0 aliphatic heterocycles. The summed E-state index contributed by atoms with van der Waals surface area (Å²) in [6, 6.07) is 10.3. The lowest BCUT2D eigenvalue weighted by atomic mass is 10.2. The van der Waals surface area contributed by atoms with E-state index in [1.807, 2.05) is 18.2 Å². The van der Waals surface area contributed by atoms with Gasteiger partial charge in [-0.1, -0.05) is 30.3 Å². The topological polar surface area (TPSA) is 49.3 Å². The van der Waals surface area contributed by atoms with Crippen molar-refractivity contribution in [3.63, 3.8) is 0 Å². The van der Waals surface area contributed by atoms with Gasteiger partial charge in [-0.15, -0.1) is 0 Å². The van der Waals surface area contributed by atoms with Crippen molar-refractivity contribution >= 4 is 29.4 Å². The van der Waals surface area contributed by atoms with Crippen molar-refractivity contribution in [2.45, 2.75) is 12.8 Å². The number of benzene rings is 1. The van der Waals surface area contributed by atoms with E-state index in [1.54, 1.807) is 23.5 Å². The Morgan fingerprint density at radius 1 is 1.10 bits per heavy atom. The van der Waals surface area contributed by atoms with Crippen LogP contribution >= 0.6 is 23.5 Å². The number of carbonyl (C=O) groups is 1. The third-order valence-electron chi connectivity index (χ3n) is 2.63. The molecule has 1 amide bonds. The van der Waals surface area contributed by atoms with E-state index in [4.69, 9.17) is 5.11 Å². The van der Waals surface area contributed by atoms with E-state index in [9.17, 15) is 4.79 Å². The third kappa shape index (κ3) is 9.28. The van der Waals surface area contributed by atoms with E-state index in [2.05, 4.69) is 17.4 Å². The largest absolute Gasteiger partial charge is 0.396 e. The van der Waals surface area contributed by atoms with Gasteiger partial charge in [-0.25, -0.2) is 0 Å². The molecule has 0 heterocycles. The highest BCUT2D eigenvalue weighted by Gasteiger charge is 2.01. The molecule has 0 aromatic heterocycles. The van der Waals surface area contributed by atoms with Gasteiger partial charge in [-0.2, -0.15) is 23.5 Å². The lowest BCUT2D eigenvalue weighted by Gasteiger charge is -2.05. The van der Waals surface area contributed by atoms with Crippen LogP contribution in [0.25, 0.3) is 0 Å². The van der Waals surface area contributed by atoms with Crippen LogP contribution in [-0.4, -0.2) is 47.2 Å². The van der Waals surface area contributed by atoms with Gasteiger partial charge in [0.2, 0.25) is 5.91 Å². The second-order valence-corrected chi connectivity index (χ2v) is 6.66. The minimum Gasteiger partial charge on any atom is -0.396 e. The Bertz CT molecular complexity index is 360. The first-order valence-corrected chi connectivity index (χ1v) is 9.21. The molecular formula is C15H23NO2S2. The molecule has 2 N–H and O–H groups in total. The highest BCUT2D eigenvalue weighted by molar-refractivity contribution is 8.00. The summed E-state index contributed by atoms with van der Waals surface area (Å²) in [4.78, 5) is 11.6. The van der Waals surface area contributed by atoms with Gasteiger partial charge in [0, 0.05) is 18.9 Å². The fourth-order valence-electron chi connectivity index (χ4n) is 1.58. The molecule has 0 fully saturated rings. The predicted molar refractivity (Wildman–Crippen MR) is 89.5 cm³/mol. The molecule has 1 aromatic carbocycles. The van der Waals surface area contributed by atoms with Gasteiger partial charge in [0.25, 0.3) is 0 Å². The van der Waals surface area contributed by atoms with Crippen LogP contribution in [-0.2, 0) is 11.2 Å². The Morgan fingerprint density at radius 3 is 2.65 bits per heavy atom. The van der Waals surface area contributed by atoms with Crippen LogP contribution in [0, 0.1) is 0 Å². The lowest BCUT2D eigenvalue weighted by Crippen LogP contribution is -2.27. The fraction of sp³-hybridized carbons (Fsp3) is 0.533. The maximum absolute atomic E-state index is 11.6. The van der Waals surface area contributed by atoms with Crippen molar-refractivity contribution in [2.75, 3.05) is 36.2 Å². The van der Waals surface area contributed by atoms with Gasteiger partial charge >= 0.3 is 0 Å². The number of amides is 1. The van der Waals surface area contributed by atoms with Gasteiger partial charge in [0.05, 0.1) is 5.75 Å². The summed E-state index contributed by atoms with van der Waals surface area (Å²) in [5.41, 5.74) is 1.32. The average Bonchev–Trinajstić information content (AvgIpc) is 2.48.